The van der Waals surface area contributed by atoms with Crippen molar-refractivity contribution in [2.45, 2.75) is 19.1 Å². The third-order valence-corrected chi connectivity index (χ3v) is 4.13. The van der Waals surface area contributed by atoms with Crippen LogP contribution in [0.3, 0.4) is 0 Å². The van der Waals surface area contributed by atoms with Crippen LogP contribution < -0.4 is 4.74 Å². The second-order valence-electron chi connectivity index (χ2n) is 5.20. The van der Waals surface area contributed by atoms with Crippen molar-refractivity contribution in [3.8, 4) is 17.2 Å². The first kappa shape index (κ1) is 15.6. The molecule has 118 valence electrons. The summed E-state index contributed by atoms with van der Waals surface area (Å²) in [5.74, 6) is 2.20. The zero-order valence-corrected chi connectivity index (χ0v) is 14.0. The van der Waals surface area contributed by atoms with E-state index >= 15 is 0 Å². The zero-order valence-electron chi connectivity index (χ0n) is 13.2. The van der Waals surface area contributed by atoms with Crippen LogP contribution >= 0.6 is 11.8 Å². The molecule has 5 heteroatoms. The van der Waals surface area contributed by atoms with Gasteiger partial charge < -0.3 is 9.15 Å². The van der Waals surface area contributed by atoms with Gasteiger partial charge in [0, 0.05) is 11.3 Å². The molecule has 0 aliphatic carbocycles. The topological polar surface area (TPSA) is 48.2 Å². The van der Waals surface area contributed by atoms with Gasteiger partial charge >= 0.3 is 0 Å². The third kappa shape index (κ3) is 4.13. The van der Waals surface area contributed by atoms with Crippen molar-refractivity contribution >= 4 is 11.8 Å². The molecule has 0 amide bonds. The lowest BCUT2D eigenvalue weighted by Gasteiger charge is -2.05. The summed E-state index contributed by atoms with van der Waals surface area (Å²) in [6, 6.07) is 16.0. The van der Waals surface area contributed by atoms with Crippen LogP contribution in [0.15, 0.2) is 58.2 Å². The lowest BCUT2D eigenvalue weighted by Crippen LogP contribution is -2.00. The van der Waals surface area contributed by atoms with E-state index in [0.29, 0.717) is 17.7 Å². The number of aryl methyl sites for hydroxylation is 2. The molecule has 0 atom stereocenters. The highest BCUT2D eigenvalue weighted by atomic mass is 32.2. The second kappa shape index (κ2) is 7.33. The van der Waals surface area contributed by atoms with Gasteiger partial charge in [-0.15, -0.1) is 10.2 Å². The average molecular weight is 326 g/mol. The van der Waals surface area contributed by atoms with E-state index in [9.17, 15) is 0 Å². The maximum absolute atomic E-state index is 5.71. The summed E-state index contributed by atoms with van der Waals surface area (Å²) >= 11 is 1.50. The van der Waals surface area contributed by atoms with Gasteiger partial charge in [-0.05, 0) is 43.2 Å². The number of nitrogens with zero attached hydrogens (tertiary/aromatic N) is 2. The molecule has 1 aromatic heterocycles. The first-order valence-corrected chi connectivity index (χ1v) is 8.43. The van der Waals surface area contributed by atoms with Crippen LogP contribution in [0.25, 0.3) is 11.5 Å². The molecule has 0 radical (unpaired) electrons. The largest absolute Gasteiger partial charge is 0.493 e. The van der Waals surface area contributed by atoms with Gasteiger partial charge in [-0.1, -0.05) is 42.1 Å². The molecule has 4 nitrogen and oxygen atoms in total. The summed E-state index contributed by atoms with van der Waals surface area (Å²) in [4.78, 5) is 0. The molecule has 23 heavy (non-hydrogen) atoms. The minimum Gasteiger partial charge on any atom is -0.493 e. The van der Waals surface area contributed by atoms with Crippen molar-refractivity contribution in [2.24, 2.45) is 0 Å². The minimum absolute atomic E-state index is 0.560. The molecule has 2 aromatic carbocycles. The van der Waals surface area contributed by atoms with E-state index in [1.807, 2.05) is 62.4 Å². The van der Waals surface area contributed by atoms with Crippen LogP contribution in [0, 0.1) is 13.8 Å². The van der Waals surface area contributed by atoms with E-state index in [2.05, 4.69) is 10.2 Å². The van der Waals surface area contributed by atoms with E-state index in [4.69, 9.17) is 9.15 Å². The number of ether oxygens (including phenoxy) is 1. The number of hydrogen-bond donors (Lipinski definition) is 0. The van der Waals surface area contributed by atoms with Gasteiger partial charge in [-0.2, -0.15) is 0 Å². The Kier molecular flexibility index (Phi) is 4.98. The fourth-order valence-electron chi connectivity index (χ4n) is 2.18. The molecular weight excluding hydrogens is 308 g/mol. The summed E-state index contributed by atoms with van der Waals surface area (Å²) in [6.45, 7) is 4.67. The molecule has 0 fully saturated rings. The van der Waals surface area contributed by atoms with Gasteiger partial charge in [0.2, 0.25) is 5.89 Å². The summed E-state index contributed by atoms with van der Waals surface area (Å²) in [5, 5.41) is 8.77. The molecule has 0 bridgehead atoms. The van der Waals surface area contributed by atoms with E-state index in [1.165, 1.54) is 17.3 Å². The normalized spacial score (nSPS) is 10.7. The summed E-state index contributed by atoms with van der Waals surface area (Å²) < 4.78 is 11.4. The van der Waals surface area contributed by atoms with Gasteiger partial charge in [0.05, 0.1) is 6.61 Å². The van der Waals surface area contributed by atoms with Crippen molar-refractivity contribution in [2.75, 3.05) is 12.4 Å². The lowest BCUT2D eigenvalue weighted by atomic mass is 10.1. The Morgan fingerprint density at radius 3 is 2.74 bits per heavy atom. The molecule has 0 saturated heterocycles. The van der Waals surface area contributed by atoms with E-state index < -0.39 is 0 Å². The Morgan fingerprint density at radius 1 is 1.04 bits per heavy atom. The van der Waals surface area contributed by atoms with Crippen molar-refractivity contribution in [3.63, 3.8) is 0 Å². The van der Waals surface area contributed by atoms with Crippen LogP contribution in [-0.2, 0) is 0 Å². The maximum atomic E-state index is 5.71. The van der Waals surface area contributed by atoms with Gasteiger partial charge in [0.1, 0.15) is 5.75 Å². The smallest absolute Gasteiger partial charge is 0.276 e. The highest BCUT2D eigenvalue weighted by molar-refractivity contribution is 7.99. The molecule has 0 aliphatic rings. The minimum atomic E-state index is 0.560. The van der Waals surface area contributed by atoms with Gasteiger partial charge in [0.25, 0.3) is 5.22 Å². The van der Waals surface area contributed by atoms with Crippen molar-refractivity contribution in [1.29, 1.82) is 0 Å². The van der Waals surface area contributed by atoms with Crippen molar-refractivity contribution < 1.29 is 9.15 Å². The summed E-state index contributed by atoms with van der Waals surface area (Å²) in [7, 11) is 0. The Morgan fingerprint density at radius 2 is 1.91 bits per heavy atom. The first-order chi connectivity index (χ1) is 11.2. The highest BCUT2D eigenvalue weighted by Gasteiger charge is 2.10. The molecule has 3 aromatic rings. The van der Waals surface area contributed by atoms with Gasteiger partial charge in [-0.25, -0.2) is 0 Å². The molecule has 0 N–H and O–H groups in total. The number of hydrogen-bond acceptors (Lipinski definition) is 5. The predicted molar refractivity (Wildman–Crippen MR) is 91.9 cm³/mol. The van der Waals surface area contributed by atoms with Crippen LogP contribution in [-0.4, -0.2) is 22.6 Å². The number of rotatable bonds is 6. The lowest BCUT2D eigenvalue weighted by molar-refractivity contribution is 0.343. The number of thioether (sulfide) groups is 1. The maximum Gasteiger partial charge on any atom is 0.276 e. The van der Waals surface area contributed by atoms with E-state index in [-0.39, 0.29) is 0 Å². The van der Waals surface area contributed by atoms with Crippen molar-refractivity contribution in [1.82, 2.24) is 10.2 Å². The van der Waals surface area contributed by atoms with Crippen LogP contribution in [0.1, 0.15) is 11.1 Å². The predicted octanol–water partition coefficient (Wildman–Crippen LogP) is 4.52. The highest BCUT2D eigenvalue weighted by Crippen LogP contribution is 2.25. The average Bonchev–Trinajstić information content (AvgIpc) is 3.01. The van der Waals surface area contributed by atoms with Crippen LogP contribution in [0.2, 0.25) is 0 Å². The Labute approximate surface area is 139 Å². The molecule has 0 unspecified atom stereocenters. The SMILES string of the molecule is Cc1cccc(OCCSc2nnc(-c3ccccc3C)o2)c1. The molecule has 0 aliphatic heterocycles. The quantitative estimate of drug-likeness (QED) is 0.492. The Bertz CT molecular complexity index is 786. The fourth-order valence-corrected chi connectivity index (χ4v) is 2.76. The Balaban J connectivity index is 1.53. The first-order valence-electron chi connectivity index (χ1n) is 7.44. The second-order valence-corrected chi connectivity index (χ2v) is 6.25. The molecule has 0 spiro atoms. The summed E-state index contributed by atoms with van der Waals surface area (Å²) in [5.41, 5.74) is 3.29. The monoisotopic (exact) mass is 326 g/mol. The van der Waals surface area contributed by atoms with Crippen LogP contribution in [0.4, 0.5) is 0 Å². The van der Waals surface area contributed by atoms with Crippen molar-refractivity contribution in [3.05, 3.63) is 59.7 Å². The zero-order chi connectivity index (χ0) is 16.1. The summed E-state index contributed by atoms with van der Waals surface area (Å²) in [6.07, 6.45) is 0. The number of benzene rings is 2. The number of aromatic nitrogens is 2. The Hall–Kier alpha value is -2.27. The molecule has 0 saturated carbocycles. The fraction of sp³-hybridized carbons (Fsp3) is 0.222. The van der Waals surface area contributed by atoms with Gasteiger partial charge in [-0.3, -0.25) is 0 Å². The molecular formula is C18H18N2O2S. The third-order valence-electron chi connectivity index (χ3n) is 3.35. The van der Waals surface area contributed by atoms with E-state index in [1.54, 1.807) is 0 Å². The molecule has 3 rings (SSSR count). The van der Waals surface area contributed by atoms with E-state index in [0.717, 1.165) is 22.6 Å². The standard InChI is InChI=1S/C18H18N2O2S/c1-13-6-5-8-15(12-13)21-10-11-23-18-20-19-17(22-18)16-9-4-3-7-14(16)2/h3-9,12H,10-11H2,1-2H3. The molecule has 1 heterocycles. The van der Waals surface area contributed by atoms with Gasteiger partial charge in [0.15, 0.2) is 0 Å². The van der Waals surface area contributed by atoms with Crippen LogP contribution in [0.5, 0.6) is 5.75 Å².